The largest absolute Gasteiger partial charge is 0.186 e. The lowest BCUT2D eigenvalue weighted by atomic mass is 10.2. The van der Waals surface area contributed by atoms with Crippen LogP contribution in [0.1, 0.15) is 32.6 Å². The van der Waals surface area contributed by atoms with Gasteiger partial charge < -0.3 is 0 Å². The highest BCUT2D eigenvalue weighted by Crippen LogP contribution is 2.32. The first-order chi connectivity index (χ1) is 5.06. The Labute approximate surface area is 73.1 Å². The van der Waals surface area contributed by atoms with E-state index in [9.17, 15) is 0 Å². The summed E-state index contributed by atoms with van der Waals surface area (Å²) < 4.78 is 0. The summed E-state index contributed by atoms with van der Waals surface area (Å²) in [5.74, 6) is 3.25. The highest BCUT2D eigenvalue weighted by Gasteiger charge is 1.94. The SMILES string of the molecule is CCCCCC#CS(C)(C)C. The normalized spacial score (nSPS) is 12.0. The zero-order valence-corrected chi connectivity index (χ0v) is 9.05. The Hall–Kier alpha value is -0.0900. The van der Waals surface area contributed by atoms with E-state index in [4.69, 9.17) is 0 Å². The smallest absolute Gasteiger partial charge is 0.00970 e. The van der Waals surface area contributed by atoms with Gasteiger partial charge in [0.15, 0.2) is 0 Å². The van der Waals surface area contributed by atoms with Crippen LogP contribution in [0.3, 0.4) is 0 Å². The monoisotopic (exact) mass is 172 g/mol. The van der Waals surface area contributed by atoms with Crippen LogP contribution in [0.25, 0.3) is 0 Å². The van der Waals surface area contributed by atoms with Crippen molar-refractivity contribution in [3.05, 3.63) is 0 Å². The van der Waals surface area contributed by atoms with Crippen molar-refractivity contribution in [2.24, 2.45) is 0 Å². The van der Waals surface area contributed by atoms with E-state index in [2.05, 4.69) is 36.9 Å². The molecule has 0 N–H and O–H groups in total. The molecule has 0 aliphatic heterocycles. The Morgan fingerprint density at radius 3 is 2.18 bits per heavy atom. The first-order valence-electron chi connectivity index (χ1n) is 4.24. The van der Waals surface area contributed by atoms with Crippen molar-refractivity contribution < 1.29 is 0 Å². The molecule has 0 nitrogen and oxygen atoms in total. The maximum absolute atomic E-state index is 3.31. The molecule has 0 rings (SSSR count). The lowest BCUT2D eigenvalue weighted by molar-refractivity contribution is 0.737. The van der Waals surface area contributed by atoms with Gasteiger partial charge in [-0.2, -0.15) is 10.0 Å². The quantitative estimate of drug-likeness (QED) is 0.453. The molecule has 0 bridgehead atoms. The Morgan fingerprint density at radius 1 is 1.09 bits per heavy atom. The van der Waals surface area contributed by atoms with Gasteiger partial charge in [-0.3, -0.25) is 0 Å². The summed E-state index contributed by atoms with van der Waals surface area (Å²) in [6.45, 7) is 2.22. The third kappa shape index (κ3) is 9.91. The second-order valence-corrected chi connectivity index (χ2v) is 7.45. The van der Waals surface area contributed by atoms with Gasteiger partial charge in [-0.15, -0.1) is 0 Å². The molecule has 0 radical (unpaired) electrons. The van der Waals surface area contributed by atoms with Gasteiger partial charge in [0, 0.05) is 6.42 Å². The van der Waals surface area contributed by atoms with Crippen LogP contribution in [-0.2, 0) is 0 Å². The highest BCUT2D eigenvalue weighted by atomic mass is 32.3. The van der Waals surface area contributed by atoms with Gasteiger partial charge >= 0.3 is 0 Å². The van der Waals surface area contributed by atoms with E-state index < -0.39 is 10.0 Å². The van der Waals surface area contributed by atoms with Crippen LogP contribution in [0.4, 0.5) is 0 Å². The molecule has 0 fully saturated rings. The molecule has 0 heterocycles. The lowest BCUT2D eigenvalue weighted by Gasteiger charge is -2.14. The van der Waals surface area contributed by atoms with E-state index in [0.29, 0.717) is 0 Å². The van der Waals surface area contributed by atoms with Crippen LogP contribution >= 0.6 is 10.0 Å². The van der Waals surface area contributed by atoms with Crippen LogP contribution in [0.5, 0.6) is 0 Å². The Balaban J connectivity index is 3.41. The fraction of sp³-hybridized carbons (Fsp3) is 0.800. The van der Waals surface area contributed by atoms with Crippen LogP contribution < -0.4 is 0 Å². The highest BCUT2D eigenvalue weighted by molar-refractivity contribution is 8.35. The Kier molecular flexibility index (Phi) is 5.50. The van der Waals surface area contributed by atoms with E-state index in [-0.39, 0.29) is 0 Å². The zero-order chi connectivity index (χ0) is 8.74. The molecule has 0 saturated carbocycles. The number of hydrogen-bond acceptors (Lipinski definition) is 0. The van der Waals surface area contributed by atoms with Crippen molar-refractivity contribution in [3.63, 3.8) is 0 Å². The minimum absolute atomic E-state index is 0.572. The summed E-state index contributed by atoms with van der Waals surface area (Å²) in [4.78, 5) is 0. The second-order valence-electron chi connectivity index (χ2n) is 3.57. The van der Waals surface area contributed by atoms with Gasteiger partial charge in [-0.05, 0) is 25.2 Å². The van der Waals surface area contributed by atoms with Crippen LogP contribution in [0.2, 0.25) is 0 Å². The molecule has 0 spiro atoms. The first kappa shape index (κ1) is 10.9. The fourth-order valence-electron chi connectivity index (χ4n) is 0.731. The molecule has 0 amide bonds. The topological polar surface area (TPSA) is 0 Å². The summed E-state index contributed by atoms with van der Waals surface area (Å²) in [6, 6.07) is 0. The average molecular weight is 172 g/mol. The molecule has 0 saturated heterocycles. The van der Waals surface area contributed by atoms with Gasteiger partial charge in [0.1, 0.15) is 0 Å². The standard InChI is InChI=1S/C10H20S/c1-5-6-7-8-9-10-11(2,3)4/h5-8H2,1-4H3. The number of rotatable bonds is 3. The van der Waals surface area contributed by atoms with Gasteiger partial charge in [-0.25, -0.2) is 0 Å². The maximum atomic E-state index is 3.31. The predicted octanol–water partition coefficient (Wildman–Crippen LogP) is 3.22. The minimum atomic E-state index is -0.572. The minimum Gasteiger partial charge on any atom is -0.186 e. The lowest BCUT2D eigenvalue weighted by Crippen LogP contribution is -1.84. The Morgan fingerprint density at radius 2 is 1.73 bits per heavy atom. The van der Waals surface area contributed by atoms with Gasteiger partial charge in [0.25, 0.3) is 0 Å². The molecular formula is C10H20S. The van der Waals surface area contributed by atoms with Crippen molar-refractivity contribution in [2.75, 3.05) is 18.8 Å². The van der Waals surface area contributed by atoms with Gasteiger partial charge in [-0.1, -0.05) is 30.9 Å². The molecular weight excluding hydrogens is 152 g/mol. The summed E-state index contributed by atoms with van der Waals surface area (Å²) >= 11 is 0. The third-order valence-electron chi connectivity index (χ3n) is 1.28. The summed E-state index contributed by atoms with van der Waals surface area (Å²) in [7, 11) is -0.572. The molecule has 0 aromatic rings. The van der Waals surface area contributed by atoms with E-state index in [1.807, 2.05) is 0 Å². The molecule has 0 aromatic carbocycles. The van der Waals surface area contributed by atoms with Crippen molar-refractivity contribution in [1.29, 1.82) is 0 Å². The van der Waals surface area contributed by atoms with E-state index in [0.717, 1.165) is 6.42 Å². The summed E-state index contributed by atoms with van der Waals surface area (Å²) in [5, 5.41) is 3.31. The number of unbranched alkanes of at least 4 members (excludes halogenated alkanes) is 3. The molecule has 11 heavy (non-hydrogen) atoms. The van der Waals surface area contributed by atoms with Crippen molar-refractivity contribution in [2.45, 2.75) is 32.6 Å². The molecule has 66 valence electrons. The maximum Gasteiger partial charge on any atom is 0.00970 e. The molecule has 0 aromatic heterocycles. The van der Waals surface area contributed by atoms with E-state index in [1.54, 1.807) is 0 Å². The first-order valence-corrected chi connectivity index (χ1v) is 7.10. The van der Waals surface area contributed by atoms with Crippen LogP contribution in [0, 0.1) is 11.2 Å². The van der Waals surface area contributed by atoms with Gasteiger partial charge in [0.05, 0.1) is 0 Å². The predicted molar refractivity (Wildman–Crippen MR) is 57.3 cm³/mol. The van der Waals surface area contributed by atoms with Crippen molar-refractivity contribution in [3.8, 4) is 11.2 Å². The van der Waals surface area contributed by atoms with E-state index >= 15 is 0 Å². The van der Waals surface area contributed by atoms with Crippen molar-refractivity contribution >= 4 is 10.0 Å². The molecule has 0 atom stereocenters. The molecule has 0 aliphatic carbocycles. The average Bonchev–Trinajstić information content (AvgIpc) is 1.85. The molecule has 0 aliphatic rings. The zero-order valence-electron chi connectivity index (χ0n) is 8.24. The number of hydrogen-bond donors (Lipinski definition) is 0. The second kappa shape index (κ2) is 5.55. The fourth-order valence-corrected chi connectivity index (χ4v) is 1.27. The summed E-state index contributed by atoms with van der Waals surface area (Å²) in [5.41, 5.74) is 0. The summed E-state index contributed by atoms with van der Waals surface area (Å²) in [6.07, 6.45) is 11.7. The van der Waals surface area contributed by atoms with Crippen LogP contribution in [-0.4, -0.2) is 18.8 Å². The van der Waals surface area contributed by atoms with Crippen molar-refractivity contribution in [1.82, 2.24) is 0 Å². The Bertz CT molecular complexity index is 142. The van der Waals surface area contributed by atoms with Gasteiger partial charge in [0.2, 0.25) is 0 Å². The third-order valence-corrected chi connectivity index (χ3v) is 2.04. The molecule has 1 heteroatoms. The van der Waals surface area contributed by atoms with Crippen LogP contribution in [0.15, 0.2) is 0 Å². The molecule has 0 unspecified atom stereocenters. The van der Waals surface area contributed by atoms with E-state index in [1.165, 1.54) is 19.3 Å².